The Labute approximate surface area is 193 Å². The molecule has 33 heavy (non-hydrogen) atoms. The average molecular weight is 476 g/mol. The predicted molar refractivity (Wildman–Crippen MR) is 117 cm³/mol. The van der Waals surface area contributed by atoms with Gasteiger partial charge >= 0.3 is 0 Å². The zero-order chi connectivity index (χ0) is 23.4. The lowest BCUT2D eigenvalue weighted by Gasteiger charge is -2.22. The fourth-order valence-corrected chi connectivity index (χ4v) is 3.80. The number of hydrogen-bond acceptors (Lipinski definition) is 10. The minimum Gasteiger partial charge on any atom is -0.494 e. The number of aromatic nitrogens is 4. The van der Waals surface area contributed by atoms with Crippen LogP contribution < -0.4 is 14.8 Å². The molecule has 0 unspecified atom stereocenters. The predicted octanol–water partition coefficient (Wildman–Crippen LogP) is 2.81. The molecule has 1 N–H and O–H groups in total. The van der Waals surface area contributed by atoms with Crippen molar-refractivity contribution in [3.05, 3.63) is 41.2 Å². The molecule has 0 saturated carbocycles. The Morgan fingerprint density at radius 3 is 2.88 bits per heavy atom. The first kappa shape index (κ1) is 23.0. The summed E-state index contributed by atoms with van der Waals surface area (Å²) < 4.78 is 36.8. The Morgan fingerprint density at radius 2 is 2.12 bits per heavy atom. The number of aryl methyl sites for hydroxylation is 2. The number of carbonyl (C=O) groups excluding carboxylic acids is 1. The highest BCUT2D eigenvalue weighted by Crippen LogP contribution is 2.36. The normalized spacial score (nSPS) is 15.8. The van der Waals surface area contributed by atoms with Crippen LogP contribution in [0.5, 0.6) is 10.9 Å². The lowest BCUT2D eigenvalue weighted by Crippen LogP contribution is -2.33. The Kier molecular flexibility index (Phi) is 7.06. The van der Waals surface area contributed by atoms with Gasteiger partial charge < -0.3 is 18.9 Å². The molecule has 10 nitrogen and oxygen atoms in total. The highest BCUT2D eigenvalue weighted by Gasteiger charge is 2.23. The molecule has 0 bridgehead atoms. The lowest BCUT2D eigenvalue weighted by molar-refractivity contribution is -0.101. The molecule has 1 atom stereocenters. The van der Waals surface area contributed by atoms with E-state index in [0.29, 0.717) is 31.1 Å². The molecular weight excluding hydrogens is 453 g/mol. The van der Waals surface area contributed by atoms with Crippen LogP contribution in [-0.2, 0) is 9.47 Å². The van der Waals surface area contributed by atoms with E-state index in [1.54, 1.807) is 19.9 Å². The van der Waals surface area contributed by atoms with Gasteiger partial charge in [0.15, 0.2) is 5.82 Å². The van der Waals surface area contributed by atoms with Crippen molar-refractivity contribution in [1.29, 1.82) is 0 Å². The van der Waals surface area contributed by atoms with Gasteiger partial charge in [-0.2, -0.15) is 0 Å². The van der Waals surface area contributed by atoms with Gasteiger partial charge in [-0.25, -0.2) is 4.39 Å². The largest absolute Gasteiger partial charge is 0.494 e. The highest BCUT2D eigenvalue weighted by atomic mass is 32.1. The summed E-state index contributed by atoms with van der Waals surface area (Å²) in [7, 11) is 1.41. The first-order chi connectivity index (χ1) is 16.0. The van der Waals surface area contributed by atoms with Gasteiger partial charge in [0.25, 0.3) is 11.1 Å². The summed E-state index contributed by atoms with van der Waals surface area (Å²) in [6.45, 7) is 5.07. The SMILES string of the molecule is COc1cnc(C)c(F)c1-c1cc(C)ncc1C(=O)Nc1nnc(OC[C@@H]2COCCO2)s1. The fourth-order valence-electron chi connectivity index (χ4n) is 3.20. The molecule has 0 radical (unpaired) electrons. The number of anilines is 1. The van der Waals surface area contributed by atoms with Crippen molar-refractivity contribution in [1.82, 2.24) is 20.2 Å². The van der Waals surface area contributed by atoms with Crippen LogP contribution in [-0.4, -0.2) is 65.7 Å². The molecule has 1 amide bonds. The van der Waals surface area contributed by atoms with Crippen LogP contribution in [0.15, 0.2) is 18.5 Å². The topological polar surface area (TPSA) is 118 Å². The van der Waals surface area contributed by atoms with E-state index in [2.05, 4.69) is 25.5 Å². The monoisotopic (exact) mass is 475 g/mol. The molecule has 1 aliphatic heterocycles. The Morgan fingerprint density at radius 1 is 1.27 bits per heavy atom. The van der Waals surface area contributed by atoms with Crippen molar-refractivity contribution in [2.45, 2.75) is 20.0 Å². The molecule has 1 saturated heterocycles. The minimum atomic E-state index is -0.575. The van der Waals surface area contributed by atoms with Crippen LogP contribution in [0.2, 0.25) is 0 Å². The average Bonchev–Trinajstić information content (AvgIpc) is 3.27. The van der Waals surface area contributed by atoms with Gasteiger partial charge in [-0.15, -0.1) is 5.10 Å². The summed E-state index contributed by atoms with van der Waals surface area (Å²) in [6, 6.07) is 1.62. The van der Waals surface area contributed by atoms with Crippen molar-refractivity contribution >= 4 is 22.4 Å². The van der Waals surface area contributed by atoms with E-state index in [0.717, 1.165) is 11.3 Å². The molecule has 1 aliphatic rings. The third-order valence-electron chi connectivity index (χ3n) is 4.84. The number of rotatable bonds is 7. The van der Waals surface area contributed by atoms with E-state index in [4.69, 9.17) is 18.9 Å². The quantitative estimate of drug-likeness (QED) is 0.550. The van der Waals surface area contributed by atoms with Crippen LogP contribution in [0.1, 0.15) is 21.7 Å². The molecule has 4 rings (SSSR count). The third-order valence-corrected chi connectivity index (χ3v) is 5.59. The summed E-state index contributed by atoms with van der Waals surface area (Å²) >= 11 is 1.06. The van der Waals surface area contributed by atoms with Crippen molar-refractivity contribution in [3.8, 4) is 22.1 Å². The summed E-state index contributed by atoms with van der Waals surface area (Å²) in [6.07, 6.45) is 2.62. The lowest BCUT2D eigenvalue weighted by atomic mass is 9.99. The van der Waals surface area contributed by atoms with Crippen molar-refractivity contribution in [3.63, 3.8) is 0 Å². The number of amides is 1. The second-order valence-corrected chi connectivity index (χ2v) is 8.12. The molecule has 1 fully saturated rings. The number of nitrogens with one attached hydrogen (secondary N) is 1. The van der Waals surface area contributed by atoms with Crippen molar-refractivity contribution in [2.24, 2.45) is 0 Å². The minimum absolute atomic E-state index is 0.136. The Hall–Kier alpha value is -3.22. The molecule has 0 aromatic carbocycles. The first-order valence-corrected chi connectivity index (χ1v) is 10.9. The van der Waals surface area contributed by atoms with Crippen LogP contribution in [0.3, 0.4) is 0 Å². The smallest absolute Gasteiger partial charge is 0.295 e. The second kappa shape index (κ2) is 10.1. The number of carbonyl (C=O) groups is 1. The molecule has 3 aromatic rings. The van der Waals surface area contributed by atoms with Gasteiger partial charge in [0.2, 0.25) is 5.13 Å². The van der Waals surface area contributed by atoms with Gasteiger partial charge in [-0.1, -0.05) is 5.10 Å². The molecule has 3 aromatic heterocycles. The fraction of sp³-hybridized carbons (Fsp3) is 0.381. The van der Waals surface area contributed by atoms with Crippen LogP contribution >= 0.6 is 11.3 Å². The maximum absolute atomic E-state index is 15.0. The third kappa shape index (κ3) is 5.24. The summed E-state index contributed by atoms with van der Waals surface area (Å²) in [5.41, 5.74) is 1.41. The number of pyridine rings is 2. The summed E-state index contributed by atoms with van der Waals surface area (Å²) in [4.78, 5) is 21.3. The molecule has 0 aliphatic carbocycles. The number of halogens is 1. The van der Waals surface area contributed by atoms with E-state index in [-0.39, 0.29) is 45.6 Å². The molecule has 174 valence electrons. The summed E-state index contributed by atoms with van der Waals surface area (Å²) in [5.74, 6) is -0.895. The van der Waals surface area contributed by atoms with Gasteiger partial charge in [-0.3, -0.25) is 20.1 Å². The standard InChI is InChI=1S/C21H22FN5O5S/c1-11-6-14(17-16(29-3)8-24-12(2)18(17)22)15(7-23-11)19(28)25-20-26-27-21(33-20)32-10-13-9-30-4-5-31-13/h6-8,13H,4-5,9-10H2,1-3H3,(H,25,26,28)/t13-/m0/s1. The molecule has 4 heterocycles. The zero-order valence-electron chi connectivity index (χ0n) is 18.3. The van der Waals surface area contributed by atoms with Gasteiger partial charge in [0.1, 0.15) is 18.5 Å². The second-order valence-electron chi connectivity index (χ2n) is 7.18. The number of hydrogen-bond donors (Lipinski definition) is 1. The van der Waals surface area contributed by atoms with E-state index in [1.807, 2.05) is 0 Å². The van der Waals surface area contributed by atoms with Gasteiger partial charge in [-0.05, 0) is 31.3 Å². The van der Waals surface area contributed by atoms with Crippen molar-refractivity contribution < 1.29 is 28.1 Å². The van der Waals surface area contributed by atoms with Gasteiger partial charge in [0.05, 0.1) is 49.9 Å². The van der Waals surface area contributed by atoms with E-state index >= 15 is 4.39 Å². The summed E-state index contributed by atoms with van der Waals surface area (Å²) in [5, 5.41) is 11.0. The number of nitrogens with zero attached hydrogens (tertiary/aromatic N) is 4. The van der Waals surface area contributed by atoms with Crippen LogP contribution in [0, 0.1) is 19.7 Å². The zero-order valence-corrected chi connectivity index (χ0v) is 19.1. The molecule has 0 spiro atoms. The number of methoxy groups -OCH3 is 1. The Bertz CT molecular complexity index is 1150. The maximum Gasteiger partial charge on any atom is 0.295 e. The van der Waals surface area contributed by atoms with Crippen LogP contribution in [0.25, 0.3) is 11.1 Å². The van der Waals surface area contributed by atoms with Gasteiger partial charge in [0, 0.05) is 17.5 Å². The molecule has 12 heteroatoms. The molecular formula is C21H22FN5O5S. The van der Waals surface area contributed by atoms with E-state index in [9.17, 15) is 4.79 Å². The first-order valence-electron chi connectivity index (χ1n) is 10.1. The van der Waals surface area contributed by atoms with Crippen molar-refractivity contribution in [2.75, 3.05) is 38.9 Å². The Balaban J connectivity index is 1.54. The van der Waals surface area contributed by atoms with E-state index in [1.165, 1.54) is 19.5 Å². The maximum atomic E-state index is 15.0. The van der Waals surface area contributed by atoms with E-state index < -0.39 is 11.7 Å². The number of ether oxygens (including phenoxy) is 4. The highest BCUT2D eigenvalue weighted by molar-refractivity contribution is 7.17. The van der Waals surface area contributed by atoms with Crippen LogP contribution in [0.4, 0.5) is 9.52 Å².